The van der Waals surface area contributed by atoms with E-state index in [1.54, 1.807) is 24.3 Å². The normalized spacial score (nSPS) is 10.3. The number of non-ortho nitro benzene ring substituents is 1. The van der Waals surface area contributed by atoms with E-state index in [0.717, 1.165) is 5.69 Å². The van der Waals surface area contributed by atoms with Gasteiger partial charge in [-0.2, -0.15) is 0 Å². The molecule has 1 aromatic heterocycles. The number of benzene rings is 2. The Morgan fingerprint density at radius 3 is 2.68 bits per heavy atom. The van der Waals surface area contributed by atoms with Crippen LogP contribution in [0.1, 0.15) is 6.92 Å². The number of carbonyl (C=O) groups excluding carboxylic acids is 1. The summed E-state index contributed by atoms with van der Waals surface area (Å²) in [5.41, 5.74) is 2.85. The summed E-state index contributed by atoms with van der Waals surface area (Å²) in [6.45, 7) is 1.45. The third-order valence-corrected chi connectivity index (χ3v) is 4.05. The molecule has 0 unspecified atom stereocenters. The van der Waals surface area contributed by atoms with Crippen molar-refractivity contribution in [2.24, 2.45) is 0 Å². The minimum Gasteiger partial charge on any atom is -0.331 e. The Bertz CT molecular complexity index is 939. The Labute approximate surface area is 147 Å². The van der Waals surface area contributed by atoms with E-state index in [-0.39, 0.29) is 11.6 Å². The lowest BCUT2D eigenvalue weighted by Crippen LogP contribution is -2.05. The number of thiazole rings is 1. The summed E-state index contributed by atoms with van der Waals surface area (Å²) in [5, 5.41) is 19.3. The van der Waals surface area contributed by atoms with Crippen molar-refractivity contribution in [2.75, 3.05) is 10.6 Å². The van der Waals surface area contributed by atoms with Crippen LogP contribution in [0.4, 0.5) is 22.2 Å². The van der Waals surface area contributed by atoms with E-state index < -0.39 is 4.92 Å². The second kappa shape index (κ2) is 7.10. The van der Waals surface area contributed by atoms with Crippen LogP contribution in [0.2, 0.25) is 0 Å². The lowest BCUT2D eigenvalue weighted by atomic mass is 10.1. The zero-order valence-corrected chi connectivity index (χ0v) is 14.0. The number of nitrogens with zero attached hydrogens (tertiary/aromatic N) is 2. The first-order valence-corrected chi connectivity index (χ1v) is 8.24. The first-order chi connectivity index (χ1) is 12.0. The predicted molar refractivity (Wildman–Crippen MR) is 98.2 cm³/mol. The summed E-state index contributed by atoms with van der Waals surface area (Å²) in [4.78, 5) is 26.0. The van der Waals surface area contributed by atoms with Crippen molar-refractivity contribution in [3.8, 4) is 11.3 Å². The number of amides is 1. The highest BCUT2D eigenvalue weighted by atomic mass is 32.1. The smallest absolute Gasteiger partial charge is 0.270 e. The van der Waals surface area contributed by atoms with Crippen molar-refractivity contribution >= 4 is 39.4 Å². The molecule has 0 bridgehead atoms. The minimum absolute atomic E-state index is 0.0306. The predicted octanol–water partition coefficient (Wildman–Crippen LogP) is 4.42. The SMILES string of the molecule is CC(=O)Nc1cccc(Nc2nc(-c3cccc([N+](=O)[O-])c3)cs2)c1. The van der Waals surface area contributed by atoms with Crippen LogP contribution >= 0.6 is 11.3 Å². The van der Waals surface area contributed by atoms with Crippen molar-refractivity contribution in [1.29, 1.82) is 0 Å². The average molecular weight is 354 g/mol. The molecule has 126 valence electrons. The zero-order valence-electron chi connectivity index (χ0n) is 13.2. The van der Waals surface area contributed by atoms with Crippen molar-refractivity contribution < 1.29 is 9.72 Å². The molecular formula is C17H14N4O3S. The molecule has 3 rings (SSSR count). The lowest BCUT2D eigenvalue weighted by molar-refractivity contribution is -0.384. The maximum absolute atomic E-state index is 11.1. The molecule has 0 atom stereocenters. The average Bonchev–Trinajstić information content (AvgIpc) is 3.03. The summed E-state index contributed by atoms with van der Waals surface area (Å²) >= 11 is 1.39. The monoisotopic (exact) mass is 354 g/mol. The maximum Gasteiger partial charge on any atom is 0.270 e. The number of aromatic nitrogens is 1. The molecule has 0 radical (unpaired) electrons. The molecule has 1 amide bonds. The number of hydrogen-bond acceptors (Lipinski definition) is 6. The van der Waals surface area contributed by atoms with Gasteiger partial charge in [-0.3, -0.25) is 14.9 Å². The van der Waals surface area contributed by atoms with Crippen LogP contribution in [0.3, 0.4) is 0 Å². The minimum atomic E-state index is -0.428. The fourth-order valence-corrected chi connectivity index (χ4v) is 2.98. The van der Waals surface area contributed by atoms with Crippen LogP contribution < -0.4 is 10.6 Å². The highest BCUT2D eigenvalue weighted by molar-refractivity contribution is 7.14. The summed E-state index contributed by atoms with van der Waals surface area (Å²) < 4.78 is 0. The highest BCUT2D eigenvalue weighted by Crippen LogP contribution is 2.29. The standard InChI is InChI=1S/C17H14N4O3S/c1-11(22)18-13-5-3-6-14(9-13)19-17-20-16(10-25-17)12-4-2-7-15(8-12)21(23)24/h2-10H,1H3,(H,18,22)(H,19,20). The van der Waals surface area contributed by atoms with Crippen LogP contribution in [0, 0.1) is 10.1 Å². The molecule has 0 aliphatic carbocycles. The van der Waals surface area contributed by atoms with Crippen LogP contribution in [0.5, 0.6) is 0 Å². The highest BCUT2D eigenvalue weighted by Gasteiger charge is 2.10. The van der Waals surface area contributed by atoms with Crippen molar-refractivity contribution in [3.05, 3.63) is 64.0 Å². The van der Waals surface area contributed by atoms with Gasteiger partial charge in [0.1, 0.15) is 0 Å². The molecule has 0 aliphatic rings. The van der Waals surface area contributed by atoms with Gasteiger partial charge in [-0.05, 0) is 18.2 Å². The zero-order chi connectivity index (χ0) is 17.8. The number of rotatable bonds is 5. The molecular weight excluding hydrogens is 340 g/mol. The summed E-state index contributed by atoms with van der Waals surface area (Å²) in [6.07, 6.45) is 0. The second-order valence-electron chi connectivity index (χ2n) is 5.23. The fraction of sp³-hybridized carbons (Fsp3) is 0.0588. The summed E-state index contributed by atoms with van der Waals surface area (Å²) in [5.74, 6) is -0.139. The Balaban J connectivity index is 1.79. The van der Waals surface area contributed by atoms with Gasteiger partial charge in [0.05, 0.1) is 10.6 Å². The van der Waals surface area contributed by atoms with Crippen LogP contribution in [-0.4, -0.2) is 15.8 Å². The number of anilines is 3. The molecule has 25 heavy (non-hydrogen) atoms. The first-order valence-electron chi connectivity index (χ1n) is 7.36. The Morgan fingerprint density at radius 1 is 1.16 bits per heavy atom. The molecule has 0 saturated heterocycles. The van der Waals surface area contributed by atoms with Crippen LogP contribution in [0.25, 0.3) is 11.3 Å². The van der Waals surface area contributed by atoms with Crippen molar-refractivity contribution in [3.63, 3.8) is 0 Å². The lowest BCUT2D eigenvalue weighted by Gasteiger charge is -2.06. The second-order valence-corrected chi connectivity index (χ2v) is 6.09. The van der Waals surface area contributed by atoms with Gasteiger partial charge in [0, 0.05) is 41.4 Å². The van der Waals surface area contributed by atoms with Gasteiger partial charge in [0.2, 0.25) is 5.91 Å². The topological polar surface area (TPSA) is 97.2 Å². The van der Waals surface area contributed by atoms with Crippen molar-refractivity contribution in [2.45, 2.75) is 6.92 Å². The van der Waals surface area contributed by atoms with E-state index in [2.05, 4.69) is 15.6 Å². The number of carbonyl (C=O) groups is 1. The molecule has 0 spiro atoms. The van der Waals surface area contributed by atoms with E-state index in [4.69, 9.17) is 0 Å². The van der Waals surface area contributed by atoms with Crippen molar-refractivity contribution in [1.82, 2.24) is 4.98 Å². The molecule has 2 N–H and O–H groups in total. The number of nitrogens with one attached hydrogen (secondary N) is 2. The third kappa shape index (κ3) is 4.18. The number of hydrogen-bond donors (Lipinski definition) is 2. The van der Waals surface area contributed by atoms with Gasteiger partial charge in [-0.15, -0.1) is 11.3 Å². The van der Waals surface area contributed by atoms with Crippen LogP contribution in [0.15, 0.2) is 53.9 Å². The van der Waals surface area contributed by atoms with Gasteiger partial charge < -0.3 is 10.6 Å². The van der Waals surface area contributed by atoms with E-state index in [1.165, 1.54) is 30.4 Å². The Morgan fingerprint density at radius 2 is 1.92 bits per heavy atom. The number of nitro groups is 1. The van der Waals surface area contributed by atoms with Crippen LogP contribution in [-0.2, 0) is 4.79 Å². The van der Waals surface area contributed by atoms with Gasteiger partial charge in [0.25, 0.3) is 5.69 Å². The molecule has 3 aromatic rings. The largest absolute Gasteiger partial charge is 0.331 e. The molecule has 0 fully saturated rings. The van der Waals surface area contributed by atoms with E-state index in [0.29, 0.717) is 22.1 Å². The molecule has 1 heterocycles. The van der Waals surface area contributed by atoms with Gasteiger partial charge in [-0.1, -0.05) is 18.2 Å². The quantitative estimate of drug-likeness (QED) is 0.522. The number of nitro benzene ring substituents is 1. The van der Waals surface area contributed by atoms with Gasteiger partial charge >= 0.3 is 0 Å². The molecule has 0 aliphatic heterocycles. The van der Waals surface area contributed by atoms with E-state index >= 15 is 0 Å². The van der Waals surface area contributed by atoms with E-state index in [1.807, 2.05) is 17.5 Å². The van der Waals surface area contributed by atoms with Gasteiger partial charge in [0.15, 0.2) is 5.13 Å². The summed E-state index contributed by atoms with van der Waals surface area (Å²) in [7, 11) is 0. The molecule has 0 saturated carbocycles. The Kier molecular flexibility index (Phi) is 4.71. The van der Waals surface area contributed by atoms with Gasteiger partial charge in [-0.25, -0.2) is 4.98 Å². The molecule has 8 heteroatoms. The fourth-order valence-electron chi connectivity index (χ4n) is 2.24. The maximum atomic E-state index is 11.1. The molecule has 2 aromatic carbocycles. The summed E-state index contributed by atoms with van der Waals surface area (Å²) in [6, 6.07) is 13.6. The third-order valence-electron chi connectivity index (χ3n) is 3.29. The van der Waals surface area contributed by atoms with E-state index in [9.17, 15) is 14.9 Å². The molecule has 7 nitrogen and oxygen atoms in total. The first kappa shape index (κ1) is 16.6. The Hall–Kier alpha value is -3.26.